The number of aryl methyl sites for hydroxylation is 1. The van der Waals surface area contributed by atoms with E-state index in [9.17, 15) is 0 Å². The van der Waals surface area contributed by atoms with E-state index < -0.39 is 0 Å². The molecule has 3 rings (SSSR count). The Hall–Kier alpha value is -0.840. The third-order valence-corrected chi connectivity index (χ3v) is 5.27. The first-order valence-electron chi connectivity index (χ1n) is 6.39. The summed E-state index contributed by atoms with van der Waals surface area (Å²) in [6.45, 7) is 0.928. The van der Waals surface area contributed by atoms with E-state index in [0.717, 1.165) is 18.7 Å². The van der Waals surface area contributed by atoms with Gasteiger partial charge in [-0.05, 0) is 58.1 Å². The second-order valence-corrected chi connectivity index (χ2v) is 6.68. The lowest BCUT2D eigenvalue weighted by Crippen LogP contribution is -2.18. The molecule has 100 valence electrons. The average Bonchev–Trinajstić information content (AvgIpc) is 3.02. The fourth-order valence-corrected chi connectivity index (χ4v) is 3.99. The van der Waals surface area contributed by atoms with Crippen LogP contribution in [0.25, 0.3) is 0 Å². The molecule has 19 heavy (non-hydrogen) atoms. The zero-order valence-corrected chi connectivity index (χ0v) is 13.2. The van der Waals surface area contributed by atoms with Crippen molar-refractivity contribution in [2.45, 2.75) is 25.4 Å². The van der Waals surface area contributed by atoms with Crippen LogP contribution >= 0.6 is 27.3 Å². The quantitative estimate of drug-likeness (QED) is 0.898. The van der Waals surface area contributed by atoms with Crippen LogP contribution in [0.2, 0.25) is 0 Å². The lowest BCUT2D eigenvalue weighted by Gasteiger charge is -2.14. The molecule has 0 radical (unpaired) electrons. The normalized spacial score (nSPS) is 17.5. The first kappa shape index (κ1) is 13.2. The lowest BCUT2D eigenvalue weighted by molar-refractivity contribution is 0.413. The predicted octanol–water partition coefficient (Wildman–Crippen LogP) is 4.30. The van der Waals surface area contributed by atoms with Crippen molar-refractivity contribution in [2.24, 2.45) is 0 Å². The first-order chi connectivity index (χ1) is 9.26. The number of methoxy groups -OCH3 is 1. The van der Waals surface area contributed by atoms with E-state index in [1.165, 1.54) is 26.9 Å². The van der Waals surface area contributed by atoms with Crippen LogP contribution in [-0.4, -0.2) is 7.11 Å². The van der Waals surface area contributed by atoms with Crippen molar-refractivity contribution in [3.05, 3.63) is 50.1 Å². The van der Waals surface area contributed by atoms with Gasteiger partial charge in [0, 0.05) is 27.3 Å². The molecular weight excluding hydrogens is 322 g/mol. The zero-order chi connectivity index (χ0) is 13.2. The minimum absolute atomic E-state index is 0.450. The van der Waals surface area contributed by atoms with E-state index in [1.807, 2.05) is 0 Å². The van der Waals surface area contributed by atoms with Crippen LogP contribution in [0.4, 0.5) is 0 Å². The number of thiophene rings is 1. The van der Waals surface area contributed by atoms with Crippen LogP contribution < -0.4 is 10.1 Å². The third kappa shape index (κ3) is 2.86. The highest BCUT2D eigenvalue weighted by molar-refractivity contribution is 9.10. The van der Waals surface area contributed by atoms with Crippen LogP contribution in [0.5, 0.6) is 5.75 Å². The molecular formula is C15H16BrNOS. The Kier molecular flexibility index (Phi) is 3.91. The summed E-state index contributed by atoms with van der Waals surface area (Å²) in [5.74, 6) is 0.950. The minimum Gasteiger partial charge on any atom is -0.497 e. The molecule has 1 N–H and O–H groups in total. The molecule has 0 fully saturated rings. The fraction of sp³-hybridized carbons (Fsp3) is 0.333. The average molecular weight is 338 g/mol. The van der Waals surface area contributed by atoms with E-state index in [1.54, 1.807) is 18.4 Å². The minimum atomic E-state index is 0.450. The number of fused-ring (bicyclic) bond motifs is 1. The standard InChI is InChI=1S/C15H16BrNOS/c1-18-12-4-2-10-3-5-15(14(10)7-12)17-8-13-6-11(16)9-19-13/h2,4,6-7,9,15,17H,3,5,8H2,1H3. The highest BCUT2D eigenvalue weighted by Crippen LogP contribution is 2.34. The number of nitrogens with one attached hydrogen (secondary N) is 1. The number of halogens is 1. The third-order valence-electron chi connectivity index (χ3n) is 3.58. The molecule has 1 aromatic carbocycles. The first-order valence-corrected chi connectivity index (χ1v) is 8.06. The molecule has 0 saturated carbocycles. The van der Waals surface area contributed by atoms with Crippen LogP contribution in [0.15, 0.2) is 34.1 Å². The van der Waals surface area contributed by atoms with Gasteiger partial charge in [0.1, 0.15) is 5.75 Å². The predicted molar refractivity (Wildman–Crippen MR) is 82.9 cm³/mol. The molecule has 2 aromatic rings. The topological polar surface area (TPSA) is 21.3 Å². The van der Waals surface area contributed by atoms with E-state index in [0.29, 0.717) is 6.04 Å². The van der Waals surface area contributed by atoms with Gasteiger partial charge in [0.2, 0.25) is 0 Å². The van der Waals surface area contributed by atoms with Gasteiger partial charge in [0.15, 0.2) is 0 Å². The fourth-order valence-electron chi connectivity index (χ4n) is 2.59. The molecule has 1 aliphatic carbocycles. The van der Waals surface area contributed by atoms with E-state index in [-0.39, 0.29) is 0 Å². The maximum atomic E-state index is 5.32. The molecule has 1 aromatic heterocycles. The van der Waals surface area contributed by atoms with Gasteiger partial charge in [0.25, 0.3) is 0 Å². The van der Waals surface area contributed by atoms with Crippen molar-refractivity contribution in [2.75, 3.05) is 7.11 Å². The number of hydrogen-bond donors (Lipinski definition) is 1. The molecule has 1 heterocycles. The molecule has 1 unspecified atom stereocenters. The van der Waals surface area contributed by atoms with Gasteiger partial charge in [-0.2, -0.15) is 0 Å². The van der Waals surface area contributed by atoms with Crippen LogP contribution in [0.3, 0.4) is 0 Å². The monoisotopic (exact) mass is 337 g/mol. The SMILES string of the molecule is COc1ccc2c(c1)C(NCc1cc(Br)cs1)CC2. The second kappa shape index (κ2) is 5.65. The van der Waals surface area contributed by atoms with Gasteiger partial charge in [-0.15, -0.1) is 11.3 Å². The Labute approximate surface area is 125 Å². The molecule has 4 heteroatoms. The number of ether oxygens (including phenoxy) is 1. The summed E-state index contributed by atoms with van der Waals surface area (Å²) < 4.78 is 6.49. The van der Waals surface area contributed by atoms with Crippen molar-refractivity contribution < 1.29 is 4.74 Å². The van der Waals surface area contributed by atoms with Crippen LogP contribution in [-0.2, 0) is 13.0 Å². The van der Waals surface area contributed by atoms with Crippen molar-refractivity contribution in [1.29, 1.82) is 0 Å². The Balaban J connectivity index is 1.71. The smallest absolute Gasteiger partial charge is 0.119 e. The van der Waals surface area contributed by atoms with Crippen molar-refractivity contribution in [3.63, 3.8) is 0 Å². The van der Waals surface area contributed by atoms with Crippen LogP contribution in [0.1, 0.15) is 28.5 Å². The Morgan fingerprint density at radius 2 is 2.32 bits per heavy atom. The summed E-state index contributed by atoms with van der Waals surface area (Å²) in [5, 5.41) is 5.78. The highest BCUT2D eigenvalue weighted by atomic mass is 79.9. The summed E-state index contributed by atoms with van der Waals surface area (Å²) in [6.07, 6.45) is 2.33. The summed E-state index contributed by atoms with van der Waals surface area (Å²) in [6, 6.07) is 9.05. The summed E-state index contributed by atoms with van der Waals surface area (Å²) >= 11 is 5.28. The second-order valence-electron chi connectivity index (χ2n) is 4.77. The highest BCUT2D eigenvalue weighted by Gasteiger charge is 2.22. The van der Waals surface area contributed by atoms with Gasteiger partial charge < -0.3 is 10.1 Å². The zero-order valence-electron chi connectivity index (χ0n) is 10.8. The van der Waals surface area contributed by atoms with Gasteiger partial charge in [-0.1, -0.05) is 6.07 Å². The summed E-state index contributed by atoms with van der Waals surface area (Å²) in [7, 11) is 1.72. The maximum absolute atomic E-state index is 5.32. The van der Waals surface area contributed by atoms with E-state index >= 15 is 0 Å². The van der Waals surface area contributed by atoms with Crippen molar-refractivity contribution in [1.82, 2.24) is 5.32 Å². The molecule has 0 bridgehead atoms. The Morgan fingerprint density at radius 3 is 3.05 bits per heavy atom. The van der Waals surface area contributed by atoms with Gasteiger partial charge in [-0.3, -0.25) is 0 Å². The molecule has 0 spiro atoms. The molecule has 2 nitrogen and oxygen atoms in total. The number of hydrogen-bond acceptors (Lipinski definition) is 3. The Morgan fingerprint density at radius 1 is 1.42 bits per heavy atom. The molecule has 1 aliphatic rings. The van der Waals surface area contributed by atoms with Crippen molar-refractivity contribution >= 4 is 27.3 Å². The largest absolute Gasteiger partial charge is 0.497 e. The molecule has 0 saturated heterocycles. The number of benzene rings is 1. The van der Waals surface area contributed by atoms with E-state index in [2.05, 4.69) is 50.9 Å². The molecule has 0 aliphatic heterocycles. The Bertz CT molecular complexity index is 581. The maximum Gasteiger partial charge on any atom is 0.119 e. The van der Waals surface area contributed by atoms with Gasteiger partial charge >= 0.3 is 0 Å². The van der Waals surface area contributed by atoms with Gasteiger partial charge in [-0.25, -0.2) is 0 Å². The van der Waals surface area contributed by atoms with Crippen molar-refractivity contribution in [3.8, 4) is 5.75 Å². The van der Waals surface area contributed by atoms with Crippen LogP contribution in [0, 0.1) is 0 Å². The lowest BCUT2D eigenvalue weighted by atomic mass is 10.1. The van der Waals surface area contributed by atoms with E-state index in [4.69, 9.17) is 4.74 Å². The molecule has 1 atom stereocenters. The number of rotatable bonds is 4. The molecule has 0 amide bonds. The van der Waals surface area contributed by atoms with Gasteiger partial charge in [0.05, 0.1) is 7.11 Å². The summed E-state index contributed by atoms with van der Waals surface area (Å²) in [5.41, 5.74) is 2.85. The summed E-state index contributed by atoms with van der Waals surface area (Å²) in [4.78, 5) is 1.36.